The summed E-state index contributed by atoms with van der Waals surface area (Å²) in [6, 6.07) is 8.94. The van der Waals surface area contributed by atoms with Crippen molar-refractivity contribution in [2.75, 3.05) is 32.1 Å². The highest BCUT2D eigenvalue weighted by Crippen LogP contribution is 2.29. The van der Waals surface area contributed by atoms with Crippen molar-refractivity contribution in [1.82, 2.24) is 9.88 Å². The van der Waals surface area contributed by atoms with Gasteiger partial charge in [-0.25, -0.2) is 4.98 Å². The second-order valence-electron chi connectivity index (χ2n) is 8.40. The third-order valence-electron chi connectivity index (χ3n) is 5.33. The number of anilines is 1. The number of piperidine rings is 1. The van der Waals surface area contributed by atoms with E-state index in [1.54, 1.807) is 36.3 Å². The second kappa shape index (κ2) is 11.7. The lowest BCUT2D eigenvalue weighted by Gasteiger charge is -2.30. The molecule has 33 heavy (non-hydrogen) atoms. The number of nitrogens with zero attached hydrogens (tertiary/aromatic N) is 2. The smallest absolute Gasteiger partial charge is 0.246 e. The maximum absolute atomic E-state index is 12.6. The highest BCUT2D eigenvalue weighted by atomic mass is 35.5. The molecule has 2 heterocycles. The van der Waals surface area contributed by atoms with E-state index < -0.39 is 0 Å². The standard InChI is InChI=1S/C25H30ClN3O4/c1-17(2)16-33-21-7-4-18(14-22(21)32-3)5-9-24(30)29-12-10-19(11-13-29)25(31)28-23-8-6-20(26)15-27-23/h4-9,14-15,17,19H,10-13,16H2,1-3H3,(H,27,28,31). The molecule has 2 amide bonds. The number of benzene rings is 1. The molecule has 176 valence electrons. The first-order valence-corrected chi connectivity index (χ1v) is 11.4. The van der Waals surface area contributed by atoms with Crippen molar-refractivity contribution in [3.63, 3.8) is 0 Å². The topological polar surface area (TPSA) is 80.8 Å². The number of likely N-dealkylation sites (tertiary alicyclic amines) is 1. The number of hydrogen-bond acceptors (Lipinski definition) is 5. The molecule has 1 N–H and O–H groups in total. The van der Waals surface area contributed by atoms with Crippen LogP contribution in [-0.4, -0.2) is 48.5 Å². The average molecular weight is 472 g/mol. The molecule has 0 unspecified atom stereocenters. The Bertz CT molecular complexity index is 984. The van der Waals surface area contributed by atoms with E-state index in [2.05, 4.69) is 24.1 Å². The molecule has 1 aromatic carbocycles. The van der Waals surface area contributed by atoms with Gasteiger partial charge in [-0.3, -0.25) is 9.59 Å². The lowest BCUT2D eigenvalue weighted by atomic mass is 9.96. The highest BCUT2D eigenvalue weighted by molar-refractivity contribution is 6.30. The van der Waals surface area contributed by atoms with E-state index in [0.717, 1.165) is 5.56 Å². The van der Waals surface area contributed by atoms with E-state index in [1.165, 1.54) is 6.20 Å². The third-order valence-corrected chi connectivity index (χ3v) is 5.56. The number of hydrogen-bond donors (Lipinski definition) is 1. The number of aromatic nitrogens is 1. The minimum Gasteiger partial charge on any atom is -0.493 e. The zero-order valence-electron chi connectivity index (χ0n) is 19.2. The fourth-order valence-electron chi connectivity index (χ4n) is 3.48. The molecule has 0 aliphatic carbocycles. The van der Waals surface area contributed by atoms with Crippen LogP contribution in [0.15, 0.2) is 42.6 Å². The van der Waals surface area contributed by atoms with Gasteiger partial charge in [0, 0.05) is 31.3 Å². The first kappa shape index (κ1) is 24.6. The highest BCUT2D eigenvalue weighted by Gasteiger charge is 2.26. The van der Waals surface area contributed by atoms with E-state index >= 15 is 0 Å². The number of carbonyl (C=O) groups is 2. The van der Waals surface area contributed by atoms with Crippen LogP contribution in [0.4, 0.5) is 5.82 Å². The van der Waals surface area contributed by atoms with Gasteiger partial charge in [-0.1, -0.05) is 31.5 Å². The predicted molar refractivity (Wildman–Crippen MR) is 130 cm³/mol. The second-order valence-corrected chi connectivity index (χ2v) is 8.84. The monoisotopic (exact) mass is 471 g/mol. The van der Waals surface area contributed by atoms with Gasteiger partial charge < -0.3 is 19.7 Å². The maximum atomic E-state index is 12.6. The zero-order chi connectivity index (χ0) is 23.8. The number of halogens is 1. The molecule has 3 rings (SSSR count). The van der Waals surface area contributed by atoms with Gasteiger partial charge in [0.25, 0.3) is 0 Å². The number of amides is 2. The lowest BCUT2D eigenvalue weighted by molar-refractivity contribution is -0.130. The van der Waals surface area contributed by atoms with Crippen LogP contribution in [0.25, 0.3) is 6.08 Å². The lowest BCUT2D eigenvalue weighted by Crippen LogP contribution is -2.40. The van der Waals surface area contributed by atoms with Crippen LogP contribution in [0.1, 0.15) is 32.3 Å². The van der Waals surface area contributed by atoms with Crippen molar-refractivity contribution in [1.29, 1.82) is 0 Å². The van der Waals surface area contributed by atoms with Gasteiger partial charge in [-0.05, 0) is 54.7 Å². The van der Waals surface area contributed by atoms with E-state index in [-0.39, 0.29) is 17.7 Å². The molecule has 7 nitrogen and oxygen atoms in total. The summed E-state index contributed by atoms with van der Waals surface area (Å²) in [6.45, 7) is 5.83. The van der Waals surface area contributed by atoms with Gasteiger partial charge in [0.2, 0.25) is 11.8 Å². The Morgan fingerprint density at radius 1 is 1.21 bits per heavy atom. The summed E-state index contributed by atoms with van der Waals surface area (Å²) < 4.78 is 11.2. The molecule has 0 atom stereocenters. The summed E-state index contributed by atoms with van der Waals surface area (Å²) in [6.07, 6.45) is 6.03. The van der Waals surface area contributed by atoms with Crippen LogP contribution >= 0.6 is 11.6 Å². The molecule has 0 spiro atoms. The van der Waals surface area contributed by atoms with E-state index in [4.69, 9.17) is 21.1 Å². The maximum Gasteiger partial charge on any atom is 0.246 e. The molecule has 2 aromatic rings. The van der Waals surface area contributed by atoms with Crippen LogP contribution in [0, 0.1) is 11.8 Å². The first-order chi connectivity index (χ1) is 15.9. The van der Waals surface area contributed by atoms with Gasteiger partial charge in [0.05, 0.1) is 18.7 Å². The normalized spacial score (nSPS) is 14.5. The van der Waals surface area contributed by atoms with Crippen LogP contribution < -0.4 is 14.8 Å². The summed E-state index contributed by atoms with van der Waals surface area (Å²) >= 11 is 5.82. The van der Waals surface area contributed by atoms with Gasteiger partial charge >= 0.3 is 0 Å². The predicted octanol–water partition coefficient (Wildman–Crippen LogP) is 4.67. The Morgan fingerprint density at radius 3 is 2.61 bits per heavy atom. The van der Waals surface area contributed by atoms with Crippen molar-refractivity contribution in [3.8, 4) is 11.5 Å². The van der Waals surface area contributed by atoms with E-state index in [0.29, 0.717) is 60.8 Å². The SMILES string of the molecule is COc1cc(C=CC(=O)N2CCC(C(=O)Nc3ccc(Cl)cn3)CC2)ccc1OCC(C)C. The third kappa shape index (κ3) is 7.22. The number of carbonyl (C=O) groups excluding carboxylic acids is 2. The van der Waals surface area contributed by atoms with Crippen molar-refractivity contribution in [2.24, 2.45) is 11.8 Å². The molecule has 1 aliphatic heterocycles. The molecule has 1 aliphatic rings. The van der Waals surface area contributed by atoms with Crippen molar-refractivity contribution < 1.29 is 19.1 Å². The first-order valence-electron chi connectivity index (χ1n) is 11.1. The fraction of sp³-hybridized carbons (Fsp3) is 0.400. The van der Waals surface area contributed by atoms with Crippen LogP contribution in [0.2, 0.25) is 5.02 Å². The average Bonchev–Trinajstić information content (AvgIpc) is 2.82. The summed E-state index contributed by atoms with van der Waals surface area (Å²) in [4.78, 5) is 31.0. The number of rotatable bonds is 8. The number of nitrogens with one attached hydrogen (secondary N) is 1. The molecule has 1 saturated heterocycles. The molecule has 1 fully saturated rings. The van der Waals surface area contributed by atoms with Crippen LogP contribution in [-0.2, 0) is 9.59 Å². The molecule has 0 saturated carbocycles. The van der Waals surface area contributed by atoms with Gasteiger partial charge in [0.1, 0.15) is 5.82 Å². The number of ether oxygens (including phenoxy) is 2. The molecular weight excluding hydrogens is 442 g/mol. The molecule has 8 heteroatoms. The molecule has 1 aromatic heterocycles. The molecule has 0 radical (unpaired) electrons. The minimum atomic E-state index is -0.154. The van der Waals surface area contributed by atoms with Crippen molar-refractivity contribution >= 4 is 35.3 Å². The van der Waals surface area contributed by atoms with Crippen LogP contribution in [0.3, 0.4) is 0 Å². The van der Waals surface area contributed by atoms with E-state index in [1.807, 2.05) is 18.2 Å². The van der Waals surface area contributed by atoms with Gasteiger partial charge in [0.15, 0.2) is 11.5 Å². The van der Waals surface area contributed by atoms with Crippen molar-refractivity contribution in [2.45, 2.75) is 26.7 Å². The van der Waals surface area contributed by atoms with Gasteiger partial charge in [-0.2, -0.15) is 0 Å². The minimum absolute atomic E-state index is 0.0765. The zero-order valence-corrected chi connectivity index (χ0v) is 20.0. The summed E-state index contributed by atoms with van der Waals surface area (Å²) in [7, 11) is 1.60. The van der Waals surface area contributed by atoms with Crippen molar-refractivity contribution in [3.05, 3.63) is 53.2 Å². The largest absolute Gasteiger partial charge is 0.493 e. The van der Waals surface area contributed by atoms with E-state index in [9.17, 15) is 9.59 Å². The van der Waals surface area contributed by atoms with Gasteiger partial charge in [-0.15, -0.1) is 0 Å². The van der Waals surface area contributed by atoms with Crippen LogP contribution in [0.5, 0.6) is 11.5 Å². The summed E-state index contributed by atoms with van der Waals surface area (Å²) in [5, 5.41) is 3.33. The number of pyridine rings is 1. The Hall–Kier alpha value is -3.06. The summed E-state index contributed by atoms with van der Waals surface area (Å²) in [5.41, 5.74) is 0.849. The Morgan fingerprint density at radius 2 is 1.97 bits per heavy atom. The quantitative estimate of drug-likeness (QED) is 0.566. The Kier molecular flexibility index (Phi) is 8.72. The number of methoxy groups -OCH3 is 1. The Balaban J connectivity index is 1.51. The molecule has 0 bridgehead atoms. The summed E-state index contributed by atoms with van der Waals surface area (Å²) in [5.74, 6) is 1.89. The fourth-order valence-corrected chi connectivity index (χ4v) is 3.59. The molecular formula is C25H30ClN3O4. The Labute approximate surface area is 199 Å².